The van der Waals surface area contributed by atoms with Crippen LogP contribution in [0.5, 0.6) is 5.75 Å². The normalized spacial score (nSPS) is 17.3. The summed E-state index contributed by atoms with van der Waals surface area (Å²) in [7, 11) is 0. The zero-order chi connectivity index (χ0) is 15.9. The molecule has 22 heavy (non-hydrogen) atoms. The van der Waals surface area contributed by atoms with Crippen LogP contribution in [0.2, 0.25) is 0 Å². The average molecular weight is 304 g/mol. The molecule has 1 aliphatic carbocycles. The molecule has 0 heterocycles. The van der Waals surface area contributed by atoms with Crippen molar-refractivity contribution in [2.24, 2.45) is 0 Å². The van der Waals surface area contributed by atoms with E-state index in [9.17, 15) is 14.4 Å². The fourth-order valence-electron chi connectivity index (χ4n) is 2.32. The molecule has 1 fully saturated rings. The van der Waals surface area contributed by atoms with Gasteiger partial charge in [-0.25, -0.2) is 0 Å². The number of ketones is 2. The second kappa shape index (κ2) is 7.73. The number of ether oxygens (including phenoxy) is 2. The van der Waals surface area contributed by atoms with Gasteiger partial charge in [0, 0.05) is 18.4 Å². The highest BCUT2D eigenvalue weighted by atomic mass is 16.5. The Labute approximate surface area is 129 Å². The van der Waals surface area contributed by atoms with Crippen LogP contribution < -0.4 is 4.74 Å². The predicted octanol–water partition coefficient (Wildman–Crippen LogP) is 2.71. The molecule has 5 heteroatoms. The van der Waals surface area contributed by atoms with Crippen LogP contribution in [0, 0.1) is 0 Å². The average Bonchev–Trinajstić information content (AvgIpc) is 2.89. The van der Waals surface area contributed by atoms with Gasteiger partial charge in [-0.1, -0.05) is 0 Å². The molecule has 1 atom stereocenters. The zero-order valence-corrected chi connectivity index (χ0v) is 12.7. The summed E-state index contributed by atoms with van der Waals surface area (Å²) in [5.74, 6) is 0.339. The summed E-state index contributed by atoms with van der Waals surface area (Å²) >= 11 is 0. The lowest BCUT2D eigenvalue weighted by molar-refractivity contribution is -0.153. The molecule has 0 aromatic heterocycles. The number of carbonyl (C=O) groups is 3. The van der Waals surface area contributed by atoms with Crippen molar-refractivity contribution in [1.82, 2.24) is 0 Å². The molecule has 2 rings (SSSR count). The Morgan fingerprint density at radius 3 is 2.55 bits per heavy atom. The highest BCUT2D eigenvalue weighted by molar-refractivity contribution is 5.94. The van der Waals surface area contributed by atoms with E-state index in [4.69, 9.17) is 9.47 Å². The monoisotopic (exact) mass is 304 g/mol. The van der Waals surface area contributed by atoms with E-state index in [0.717, 1.165) is 6.42 Å². The molecule has 1 aliphatic rings. The molecule has 0 radical (unpaired) electrons. The van der Waals surface area contributed by atoms with Crippen LogP contribution in [-0.4, -0.2) is 30.2 Å². The van der Waals surface area contributed by atoms with Gasteiger partial charge < -0.3 is 9.47 Å². The molecule has 5 nitrogen and oxygen atoms in total. The molecule has 0 N–H and O–H groups in total. The molecule has 0 aliphatic heterocycles. The number of rotatable bonds is 7. The van der Waals surface area contributed by atoms with Crippen molar-refractivity contribution in [1.29, 1.82) is 0 Å². The highest BCUT2D eigenvalue weighted by Gasteiger charge is 2.27. The van der Waals surface area contributed by atoms with Gasteiger partial charge in [0.2, 0.25) is 0 Å². The van der Waals surface area contributed by atoms with E-state index in [-0.39, 0.29) is 24.0 Å². The van der Waals surface area contributed by atoms with Gasteiger partial charge in [0.15, 0.2) is 17.7 Å². The Hall–Kier alpha value is -2.17. The third-order valence-corrected chi connectivity index (χ3v) is 3.58. The first-order chi connectivity index (χ1) is 10.6. The fraction of sp³-hybridized carbons (Fsp3) is 0.471. The summed E-state index contributed by atoms with van der Waals surface area (Å²) in [6.07, 6.45) is 2.17. The third kappa shape index (κ3) is 4.69. The Morgan fingerprint density at radius 1 is 1.23 bits per heavy atom. The fourth-order valence-corrected chi connectivity index (χ4v) is 2.32. The van der Waals surface area contributed by atoms with Gasteiger partial charge in [-0.05, 0) is 50.5 Å². The van der Waals surface area contributed by atoms with Crippen LogP contribution in [-0.2, 0) is 14.3 Å². The van der Waals surface area contributed by atoms with E-state index in [0.29, 0.717) is 37.2 Å². The maximum absolute atomic E-state index is 11.6. The molecule has 0 bridgehead atoms. The summed E-state index contributed by atoms with van der Waals surface area (Å²) in [5, 5.41) is 0. The number of Topliss-reactive ketones (excluding diaryl/α,β-unsaturated/α-hetero) is 2. The number of esters is 1. The molecule has 1 saturated carbocycles. The van der Waals surface area contributed by atoms with Gasteiger partial charge in [-0.15, -0.1) is 0 Å². The number of carbonyl (C=O) groups excluding carboxylic acids is 3. The molecular formula is C17H20O5. The number of benzene rings is 1. The van der Waals surface area contributed by atoms with Crippen molar-refractivity contribution in [2.75, 3.05) is 6.61 Å². The quantitative estimate of drug-likeness (QED) is 0.440. The Balaban J connectivity index is 1.65. The maximum atomic E-state index is 11.6. The summed E-state index contributed by atoms with van der Waals surface area (Å²) in [5.41, 5.74) is 0.636. The Morgan fingerprint density at radius 2 is 1.95 bits per heavy atom. The van der Waals surface area contributed by atoms with E-state index < -0.39 is 6.10 Å². The first-order valence-electron chi connectivity index (χ1n) is 7.52. The molecule has 0 spiro atoms. The van der Waals surface area contributed by atoms with Crippen molar-refractivity contribution in [3.8, 4) is 5.75 Å². The van der Waals surface area contributed by atoms with Crippen molar-refractivity contribution >= 4 is 17.5 Å². The molecule has 0 amide bonds. The minimum Gasteiger partial charge on any atom is -0.494 e. The first kappa shape index (κ1) is 16.2. The second-order valence-electron chi connectivity index (χ2n) is 5.37. The van der Waals surface area contributed by atoms with E-state index in [1.165, 1.54) is 6.92 Å². The van der Waals surface area contributed by atoms with Crippen LogP contribution in [0.25, 0.3) is 0 Å². The molecule has 118 valence electrons. The highest BCUT2D eigenvalue weighted by Crippen LogP contribution is 2.18. The number of hydrogen-bond acceptors (Lipinski definition) is 5. The van der Waals surface area contributed by atoms with E-state index in [1.807, 2.05) is 0 Å². The zero-order valence-electron chi connectivity index (χ0n) is 12.7. The topological polar surface area (TPSA) is 69.7 Å². The maximum Gasteiger partial charge on any atom is 0.306 e. The van der Waals surface area contributed by atoms with Crippen LogP contribution in [0.15, 0.2) is 24.3 Å². The van der Waals surface area contributed by atoms with Crippen LogP contribution >= 0.6 is 0 Å². The summed E-state index contributed by atoms with van der Waals surface area (Å²) in [4.78, 5) is 34.1. The number of hydrogen-bond donors (Lipinski definition) is 0. The van der Waals surface area contributed by atoms with E-state index in [1.54, 1.807) is 24.3 Å². The smallest absolute Gasteiger partial charge is 0.306 e. The van der Waals surface area contributed by atoms with Gasteiger partial charge in [0.25, 0.3) is 0 Å². The lowest BCUT2D eigenvalue weighted by Gasteiger charge is -2.10. The summed E-state index contributed by atoms with van der Waals surface area (Å²) < 4.78 is 10.6. The first-order valence-corrected chi connectivity index (χ1v) is 7.52. The van der Waals surface area contributed by atoms with Gasteiger partial charge in [0.1, 0.15) is 5.75 Å². The van der Waals surface area contributed by atoms with Crippen molar-refractivity contribution in [3.63, 3.8) is 0 Å². The third-order valence-electron chi connectivity index (χ3n) is 3.58. The molecular weight excluding hydrogens is 284 g/mol. The largest absolute Gasteiger partial charge is 0.494 e. The van der Waals surface area contributed by atoms with Gasteiger partial charge >= 0.3 is 5.97 Å². The second-order valence-corrected chi connectivity index (χ2v) is 5.37. The predicted molar refractivity (Wildman–Crippen MR) is 79.9 cm³/mol. The molecule has 0 saturated heterocycles. The van der Waals surface area contributed by atoms with Crippen LogP contribution in [0.3, 0.4) is 0 Å². The Kier molecular flexibility index (Phi) is 5.69. The van der Waals surface area contributed by atoms with Gasteiger partial charge in [0.05, 0.1) is 6.61 Å². The molecule has 0 unspecified atom stereocenters. The lowest BCUT2D eigenvalue weighted by atomic mass is 10.1. The van der Waals surface area contributed by atoms with Crippen molar-refractivity contribution in [3.05, 3.63) is 29.8 Å². The van der Waals surface area contributed by atoms with Gasteiger partial charge in [-0.2, -0.15) is 0 Å². The van der Waals surface area contributed by atoms with E-state index >= 15 is 0 Å². The summed E-state index contributed by atoms with van der Waals surface area (Å²) in [6, 6.07) is 6.87. The Bertz CT molecular complexity index is 547. The van der Waals surface area contributed by atoms with Crippen molar-refractivity contribution in [2.45, 2.75) is 45.1 Å². The SMILES string of the molecule is CC(=O)c1ccc(OCCCC(=O)O[C@@H]2CCCC2=O)cc1. The molecule has 1 aromatic carbocycles. The minimum atomic E-state index is -0.535. The van der Waals surface area contributed by atoms with Crippen LogP contribution in [0.4, 0.5) is 0 Å². The van der Waals surface area contributed by atoms with Gasteiger partial charge in [-0.3, -0.25) is 14.4 Å². The standard InChI is InChI=1S/C17H20O5/c1-12(18)13-7-9-14(10-8-13)21-11-3-6-17(20)22-16-5-2-4-15(16)19/h7-10,16H,2-6,11H2,1H3/t16-/m1/s1. The van der Waals surface area contributed by atoms with E-state index in [2.05, 4.69) is 0 Å². The minimum absolute atomic E-state index is 0.00996. The lowest BCUT2D eigenvalue weighted by Crippen LogP contribution is -2.22. The molecule has 1 aromatic rings. The summed E-state index contributed by atoms with van der Waals surface area (Å²) in [6.45, 7) is 1.89. The van der Waals surface area contributed by atoms with Crippen molar-refractivity contribution < 1.29 is 23.9 Å². The van der Waals surface area contributed by atoms with Crippen LogP contribution in [0.1, 0.15) is 49.4 Å².